The topological polar surface area (TPSA) is 49.5 Å². The van der Waals surface area contributed by atoms with E-state index in [0.29, 0.717) is 11.8 Å². The first-order chi connectivity index (χ1) is 9.72. The molecule has 0 saturated carbocycles. The van der Waals surface area contributed by atoms with Crippen LogP contribution >= 0.6 is 0 Å². The number of aromatic nitrogens is 1. The van der Waals surface area contributed by atoms with Gasteiger partial charge >= 0.3 is 0 Å². The molecular weight excluding hydrogens is 252 g/mol. The third kappa shape index (κ3) is 2.92. The zero-order valence-corrected chi connectivity index (χ0v) is 11.7. The summed E-state index contributed by atoms with van der Waals surface area (Å²) >= 11 is 0. The first-order valence-electron chi connectivity index (χ1n) is 7.12. The van der Waals surface area contributed by atoms with Crippen molar-refractivity contribution in [3.63, 3.8) is 0 Å². The zero-order chi connectivity index (χ0) is 13.9. The molecule has 1 aromatic carbocycles. The second-order valence-corrected chi connectivity index (χ2v) is 5.58. The predicted molar refractivity (Wildman–Crippen MR) is 77.0 cm³/mol. The van der Waals surface area contributed by atoms with Crippen LogP contribution in [0.1, 0.15) is 19.0 Å². The minimum absolute atomic E-state index is 0.163. The molecule has 4 nitrogen and oxygen atoms in total. The first kappa shape index (κ1) is 13.3. The van der Waals surface area contributed by atoms with Crippen LogP contribution in [0.15, 0.2) is 41.0 Å². The fourth-order valence-corrected chi connectivity index (χ4v) is 2.69. The zero-order valence-electron chi connectivity index (χ0n) is 11.7. The molecule has 1 aliphatic heterocycles. The molecule has 0 radical (unpaired) electrons. The second-order valence-electron chi connectivity index (χ2n) is 5.58. The maximum Gasteiger partial charge on any atom is 0.226 e. The third-order valence-corrected chi connectivity index (χ3v) is 3.90. The molecule has 2 unspecified atom stereocenters. The molecule has 0 spiro atoms. The Bertz CT molecular complexity index is 553. The largest absolute Gasteiger partial charge is 0.444 e. The Morgan fingerprint density at radius 3 is 2.90 bits per heavy atom. The number of rotatable bonds is 3. The van der Waals surface area contributed by atoms with Crippen LogP contribution in [0.5, 0.6) is 0 Å². The average Bonchev–Trinajstić information content (AvgIpc) is 2.92. The summed E-state index contributed by atoms with van der Waals surface area (Å²) < 4.78 is 5.55. The number of hydrogen-bond donors (Lipinski definition) is 1. The van der Waals surface area contributed by atoms with Gasteiger partial charge in [0.15, 0.2) is 0 Å². The smallest absolute Gasteiger partial charge is 0.226 e. The summed E-state index contributed by atoms with van der Waals surface area (Å²) in [7, 11) is 0. The van der Waals surface area contributed by atoms with Gasteiger partial charge in [-0.15, -0.1) is 0 Å². The SMILES string of the molecule is CC1CN(Cc2coc(-c3ccccc3)n2)CCC1O. The highest BCUT2D eigenvalue weighted by Gasteiger charge is 2.24. The third-order valence-electron chi connectivity index (χ3n) is 3.90. The van der Waals surface area contributed by atoms with Gasteiger partial charge in [0, 0.05) is 25.2 Å². The normalized spacial score (nSPS) is 23.9. The fraction of sp³-hybridized carbons (Fsp3) is 0.438. The van der Waals surface area contributed by atoms with E-state index in [9.17, 15) is 5.11 Å². The van der Waals surface area contributed by atoms with Gasteiger partial charge < -0.3 is 9.52 Å². The number of aliphatic hydroxyl groups is 1. The molecule has 2 aromatic rings. The number of nitrogens with zero attached hydrogens (tertiary/aromatic N) is 2. The highest BCUT2D eigenvalue weighted by molar-refractivity contribution is 5.52. The van der Waals surface area contributed by atoms with E-state index in [1.165, 1.54) is 0 Å². The molecule has 1 N–H and O–H groups in total. The van der Waals surface area contributed by atoms with Crippen LogP contribution < -0.4 is 0 Å². The molecular formula is C16H20N2O2. The minimum Gasteiger partial charge on any atom is -0.444 e. The molecule has 1 aliphatic rings. The summed E-state index contributed by atoms with van der Waals surface area (Å²) in [5.41, 5.74) is 1.95. The first-order valence-corrected chi connectivity index (χ1v) is 7.12. The van der Waals surface area contributed by atoms with Gasteiger partial charge in [0.05, 0.1) is 11.8 Å². The standard InChI is InChI=1S/C16H20N2O2/c1-12-9-18(8-7-15(12)19)10-14-11-20-16(17-14)13-5-3-2-4-6-13/h2-6,11-12,15,19H,7-10H2,1H3. The Morgan fingerprint density at radius 1 is 1.35 bits per heavy atom. The summed E-state index contributed by atoms with van der Waals surface area (Å²) in [6, 6.07) is 9.93. The van der Waals surface area contributed by atoms with Gasteiger partial charge in [-0.2, -0.15) is 0 Å². The molecule has 0 amide bonds. The number of piperidine rings is 1. The van der Waals surface area contributed by atoms with E-state index in [2.05, 4.69) is 16.8 Å². The van der Waals surface area contributed by atoms with Crippen molar-refractivity contribution in [2.24, 2.45) is 5.92 Å². The van der Waals surface area contributed by atoms with Crippen molar-refractivity contribution in [2.45, 2.75) is 26.0 Å². The van der Waals surface area contributed by atoms with Gasteiger partial charge in [-0.3, -0.25) is 4.90 Å². The van der Waals surface area contributed by atoms with Crippen LogP contribution in [0, 0.1) is 5.92 Å². The lowest BCUT2D eigenvalue weighted by Crippen LogP contribution is -2.41. The van der Waals surface area contributed by atoms with E-state index < -0.39 is 0 Å². The second kappa shape index (κ2) is 5.77. The average molecular weight is 272 g/mol. The lowest BCUT2D eigenvalue weighted by atomic mass is 9.97. The van der Waals surface area contributed by atoms with Crippen molar-refractivity contribution in [1.29, 1.82) is 0 Å². The van der Waals surface area contributed by atoms with Crippen molar-refractivity contribution in [3.8, 4) is 11.5 Å². The fourth-order valence-electron chi connectivity index (χ4n) is 2.69. The number of oxazole rings is 1. The number of aliphatic hydroxyl groups excluding tert-OH is 1. The van der Waals surface area contributed by atoms with E-state index in [1.54, 1.807) is 6.26 Å². The van der Waals surface area contributed by atoms with Crippen LogP contribution in [0.4, 0.5) is 0 Å². The lowest BCUT2D eigenvalue weighted by molar-refractivity contribution is 0.0315. The van der Waals surface area contributed by atoms with E-state index in [0.717, 1.165) is 37.3 Å². The molecule has 106 valence electrons. The molecule has 2 atom stereocenters. The molecule has 0 aliphatic carbocycles. The number of hydrogen-bond acceptors (Lipinski definition) is 4. The van der Waals surface area contributed by atoms with Crippen LogP contribution in [-0.2, 0) is 6.54 Å². The van der Waals surface area contributed by atoms with Crippen LogP contribution in [0.3, 0.4) is 0 Å². The minimum atomic E-state index is -0.163. The molecule has 1 saturated heterocycles. The Balaban J connectivity index is 1.66. The van der Waals surface area contributed by atoms with Crippen LogP contribution in [0.25, 0.3) is 11.5 Å². The summed E-state index contributed by atoms with van der Waals surface area (Å²) in [6.45, 7) is 4.70. The van der Waals surface area contributed by atoms with E-state index in [1.807, 2.05) is 30.3 Å². The highest BCUT2D eigenvalue weighted by Crippen LogP contribution is 2.21. The van der Waals surface area contributed by atoms with Crippen molar-refractivity contribution in [3.05, 3.63) is 42.3 Å². The quantitative estimate of drug-likeness (QED) is 0.933. The van der Waals surface area contributed by atoms with Crippen molar-refractivity contribution >= 4 is 0 Å². The molecule has 0 bridgehead atoms. The van der Waals surface area contributed by atoms with Crippen molar-refractivity contribution in [2.75, 3.05) is 13.1 Å². The molecule has 2 heterocycles. The highest BCUT2D eigenvalue weighted by atomic mass is 16.3. The monoisotopic (exact) mass is 272 g/mol. The summed E-state index contributed by atoms with van der Waals surface area (Å²) in [5.74, 6) is 0.995. The molecule has 4 heteroatoms. The lowest BCUT2D eigenvalue weighted by Gasteiger charge is -2.33. The Labute approximate surface area is 119 Å². The number of likely N-dealkylation sites (tertiary alicyclic amines) is 1. The Kier molecular flexibility index (Phi) is 3.85. The van der Waals surface area contributed by atoms with Gasteiger partial charge in [-0.25, -0.2) is 4.98 Å². The van der Waals surface area contributed by atoms with Gasteiger partial charge in [0.25, 0.3) is 0 Å². The maximum atomic E-state index is 9.75. The van der Waals surface area contributed by atoms with Crippen molar-refractivity contribution in [1.82, 2.24) is 9.88 Å². The van der Waals surface area contributed by atoms with Crippen molar-refractivity contribution < 1.29 is 9.52 Å². The molecule has 1 fully saturated rings. The van der Waals surface area contributed by atoms with E-state index >= 15 is 0 Å². The van der Waals surface area contributed by atoms with E-state index in [4.69, 9.17) is 4.42 Å². The van der Waals surface area contributed by atoms with Crippen LogP contribution in [0.2, 0.25) is 0 Å². The van der Waals surface area contributed by atoms with Gasteiger partial charge in [-0.05, 0) is 24.5 Å². The summed E-state index contributed by atoms with van der Waals surface area (Å²) in [6.07, 6.45) is 2.41. The van der Waals surface area contributed by atoms with Crippen LogP contribution in [-0.4, -0.2) is 34.2 Å². The van der Waals surface area contributed by atoms with Gasteiger partial charge in [0.1, 0.15) is 6.26 Å². The van der Waals surface area contributed by atoms with E-state index in [-0.39, 0.29) is 6.10 Å². The van der Waals surface area contributed by atoms with Gasteiger partial charge in [-0.1, -0.05) is 25.1 Å². The Hall–Kier alpha value is -1.65. The molecule has 3 rings (SSSR count). The molecule has 1 aromatic heterocycles. The summed E-state index contributed by atoms with van der Waals surface area (Å²) in [5, 5.41) is 9.75. The Morgan fingerprint density at radius 2 is 2.15 bits per heavy atom. The summed E-state index contributed by atoms with van der Waals surface area (Å²) in [4.78, 5) is 6.87. The predicted octanol–water partition coefficient (Wildman–Crippen LogP) is 2.54. The molecule has 20 heavy (non-hydrogen) atoms. The number of benzene rings is 1. The van der Waals surface area contributed by atoms with Gasteiger partial charge in [0.2, 0.25) is 5.89 Å². The maximum absolute atomic E-state index is 9.75.